The third-order valence-electron chi connectivity index (χ3n) is 8.39. The minimum atomic E-state index is -0.757. The highest BCUT2D eigenvalue weighted by Gasteiger charge is 2.36. The lowest BCUT2D eigenvalue weighted by molar-refractivity contribution is 0.0302. The zero-order valence-electron chi connectivity index (χ0n) is 22.1. The monoisotopic (exact) mass is 542 g/mol. The Hall–Kier alpha value is -3.94. The van der Waals surface area contributed by atoms with Crippen molar-refractivity contribution in [3.63, 3.8) is 0 Å². The number of rotatable bonds is 3. The van der Waals surface area contributed by atoms with Crippen LogP contribution in [0.3, 0.4) is 0 Å². The van der Waals surface area contributed by atoms with Gasteiger partial charge in [-0.25, -0.2) is 13.8 Å². The Labute approximate surface area is 230 Å². The number of ether oxygens (including phenoxy) is 1. The zero-order chi connectivity index (χ0) is 27.6. The van der Waals surface area contributed by atoms with Crippen LogP contribution in [0.4, 0.5) is 20.5 Å². The van der Waals surface area contributed by atoms with E-state index in [1.54, 1.807) is 18.5 Å². The van der Waals surface area contributed by atoms with Crippen LogP contribution in [0.15, 0.2) is 30.7 Å². The van der Waals surface area contributed by atoms with Gasteiger partial charge in [0.25, 0.3) is 0 Å². The number of aliphatic hydroxyl groups is 1. The van der Waals surface area contributed by atoms with Crippen molar-refractivity contribution in [3.05, 3.63) is 47.9 Å². The summed E-state index contributed by atoms with van der Waals surface area (Å²) in [6.45, 7) is 4.22. The Balaban J connectivity index is 1.42. The SMILES string of the molecule is C#Cc1c(F)ccc2cncc(-c3ncc4c(N5C[C@H]6CC[C@@H](C5)O6)nc(N5CCC(C)(O)CC5)nc4c3F)c12. The number of halogens is 2. The van der Waals surface area contributed by atoms with Gasteiger partial charge < -0.3 is 19.6 Å². The fourth-order valence-electron chi connectivity index (χ4n) is 6.15. The molecule has 3 aromatic heterocycles. The number of hydrogen-bond donors (Lipinski definition) is 1. The molecule has 2 atom stereocenters. The van der Waals surface area contributed by atoms with E-state index in [0.717, 1.165) is 12.8 Å². The number of aromatic nitrogens is 4. The van der Waals surface area contributed by atoms with Crippen molar-refractivity contribution in [1.29, 1.82) is 0 Å². The number of morpholine rings is 1. The van der Waals surface area contributed by atoms with Gasteiger partial charge in [0.1, 0.15) is 22.8 Å². The van der Waals surface area contributed by atoms with E-state index >= 15 is 4.39 Å². The molecule has 3 saturated heterocycles. The second kappa shape index (κ2) is 9.32. The first-order valence-electron chi connectivity index (χ1n) is 13.6. The average molecular weight is 543 g/mol. The first kappa shape index (κ1) is 25.1. The minimum absolute atomic E-state index is 0.00748. The van der Waals surface area contributed by atoms with E-state index in [4.69, 9.17) is 21.1 Å². The summed E-state index contributed by atoms with van der Waals surface area (Å²) in [5, 5.41) is 11.9. The highest BCUT2D eigenvalue weighted by Crippen LogP contribution is 2.38. The van der Waals surface area contributed by atoms with Crippen LogP contribution in [-0.4, -0.2) is 69.0 Å². The predicted molar refractivity (Wildman–Crippen MR) is 148 cm³/mol. The van der Waals surface area contributed by atoms with Crippen LogP contribution < -0.4 is 9.80 Å². The van der Waals surface area contributed by atoms with Crippen molar-refractivity contribution in [2.24, 2.45) is 0 Å². The lowest BCUT2D eigenvalue weighted by Gasteiger charge is -2.37. The molecule has 0 saturated carbocycles. The van der Waals surface area contributed by atoms with Crippen molar-refractivity contribution in [2.75, 3.05) is 36.0 Å². The quantitative estimate of drug-likeness (QED) is 0.385. The van der Waals surface area contributed by atoms with Crippen LogP contribution >= 0.6 is 0 Å². The molecule has 8 nitrogen and oxygen atoms in total. The molecular formula is C30H28F2N6O2. The third-order valence-corrected chi connectivity index (χ3v) is 8.39. The van der Waals surface area contributed by atoms with E-state index in [1.165, 1.54) is 12.3 Å². The van der Waals surface area contributed by atoms with Crippen molar-refractivity contribution in [2.45, 2.75) is 50.4 Å². The van der Waals surface area contributed by atoms with Crippen LogP contribution in [0.25, 0.3) is 32.9 Å². The number of piperidine rings is 1. The maximum absolute atomic E-state index is 16.6. The number of terminal acetylenes is 1. The van der Waals surface area contributed by atoms with Crippen molar-refractivity contribution < 1.29 is 18.6 Å². The topological polar surface area (TPSA) is 87.5 Å². The molecule has 1 aromatic carbocycles. The van der Waals surface area contributed by atoms with Gasteiger partial charge in [-0.3, -0.25) is 9.97 Å². The molecule has 3 aliphatic rings. The number of nitrogens with zero attached hydrogens (tertiary/aromatic N) is 6. The summed E-state index contributed by atoms with van der Waals surface area (Å²) in [7, 11) is 0. The molecule has 2 bridgehead atoms. The standard InChI is InChI=1S/C30H28F2N6O2/c1-3-20-23(31)7-4-17-12-33-13-21(24(17)20)26-25(32)27-22(14-34-26)28(38-15-18-5-6-19(16-38)40-18)36-29(35-27)37-10-8-30(2,39)9-11-37/h1,4,7,12-14,18-19,39H,5-6,8-11,15-16H2,2H3/t18-,19+. The molecule has 3 fully saturated rings. The summed E-state index contributed by atoms with van der Waals surface area (Å²) in [6.07, 6.45) is 13.5. The third kappa shape index (κ3) is 4.12. The molecule has 7 rings (SSSR count). The molecule has 0 spiro atoms. The molecule has 40 heavy (non-hydrogen) atoms. The Morgan fingerprint density at radius 1 is 1.05 bits per heavy atom. The predicted octanol–water partition coefficient (Wildman–Crippen LogP) is 4.22. The summed E-state index contributed by atoms with van der Waals surface area (Å²) in [5.41, 5.74) is -0.314. The van der Waals surface area contributed by atoms with Gasteiger partial charge in [0.05, 0.1) is 28.8 Å². The normalized spacial score (nSPS) is 22.2. The Morgan fingerprint density at radius 2 is 1.80 bits per heavy atom. The van der Waals surface area contributed by atoms with Gasteiger partial charge in [-0.1, -0.05) is 5.92 Å². The lowest BCUT2D eigenvalue weighted by atomic mass is 9.94. The average Bonchev–Trinajstić information content (AvgIpc) is 3.29. The van der Waals surface area contributed by atoms with E-state index < -0.39 is 17.2 Å². The molecule has 3 aliphatic heterocycles. The Bertz CT molecular complexity index is 1680. The number of benzene rings is 1. The second-order valence-electron chi connectivity index (χ2n) is 11.2. The van der Waals surface area contributed by atoms with E-state index in [0.29, 0.717) is 72.5 Å². The Kier molecular flexibility index (Phi) is 5.84. The van der Waals surface area contributed by atoms with Gasteiger partial charge >= 0.3 is 0 Å². The summed E-state index contributed by atoms with van der Waals surface area (Å²) in [4.78, 5) is 22.5. The minimum Gasteiger partial charge on any atom is -0.390 e. The van der Waals surface area contributed by atoms with Crippen molar-refractivity contribution in [3.8, 4) is 23.6 Å². The summed E-state index contributed by atoms with van der Waals surface area (Å²) >= 11 is 0. The molecule has 0 radical (unpaired) electrons. The van der Waals surface area contributed by atoms with Crippen LogP contribution in [0.5, 0.6) is 0 Å². The van der Waals surface area contributed by atoms with Gasteiger partial charge in [0.2, 0.25) is 5.95 Å². The van der Waals surface area contributed by atoms with E-state index in [-0.39, 0.29) is 29.0 Å². The maximum atomic E-state index is 16.6. The Morgan fingerprint density at radius 3 is 2.52 bits per heavy atom. The molecule has 0 amide bonds. The highest BCUT2D eigenvalue weighted by atomic mass is 19.1. The van der Waals surface area contributed by atoms with Gasteiger partial charge in [0, 0.05) is 61.1 Å². The zero-order valence-corrected chi connectivity index (χ0v) is 22.1. The molecular weight excluding hydrogens is 514 g/mol. The molecule has 4 aromatic rings. The summed E-state index contributed by atoms with van der Waals surface area (Å²) in [6, 6.07) is 2.85. The number of hydrogen-bond acceptors (Lipinski definition) is 8. The molecule has 204 valence electrons. The largest absolute Gasteiger partial charge is 0.390 e. The van der Waals surface area contributed by atoms with Crippen LogP contribution in [0, 0.1) is 24.0 Å². The fraction of sp³-hybridized carbons (Fsp3) is 0.400. The van der Waals surface area contributed by atoms with E-state index in [9.17, 15) is 9.50 Å². The smallest absolute Gasteiger partial charge is 0.228 e. The lowest BCUT2D eigenvalue weighted by Crippen LogP contribution is -2.44. The molecule has 10 heteroatoms. The molecule has 0 aliphatic carbocycles. The van der Waals surface area contributed by atoms with Crippen LogP contribution in [0.1, 0.15) is 38.2 Å². The van der Waals surface area contributed by atoms with Gasteiger partial charge in [-0.05, 0) is 44.7 Å². The summed E-state index contributed by atoms with van der Waals surface area (Å²) in [5.74, 6) is 2.20. The first-order valence-corrected chi connectivity index (χ1v) is 13.6. The van der Waals surface area contributed by atoms with Crippen LogP contribution in [-0.2, 0) is 4.74 Å². The van der Waals surface area contributed by atoms with Crippen LogP contribution in [0.2, 0.25) is 0 Å². The number of anilines is 2. The van der Waals surface area contributed by atoms with Crippen molar-refractivity contribution >= 4 is 33.4 Å². The maximum Gasteiger partial charge on any atom is 0.228 e. The number of fused-ring (bicyclic) bond motifs is 4. The fourth-order valence-corrected chi connectivity index (χ4v) is 6.15. The molecule has 0 unspecified atom stereocenters. The molecule has 1 N–H and O–H groups in total. The van der Waals surface area contributed by atoms with E-state index in [1.807, 2.05) is 11.8 Å². The van der Waals surface area contributed by atoms with E-state index in [2.05, 4.69) is 20.8 Å². The molecule has 6 heterocycles. The van der Waals surface area contributed by atoms with Gasteiger partial charge in [-0.2, -0.15) is 4.98 Å². The van der Waals surface area contributed by atoms with Gasteiger partial charge in [-0.15, -0.1) is 6.42 Å². The van der Waals surface area contributed by atoms with Gasteiger partial charge in [0.15, 0.2) is 5.82 Å². The highest BCUT2D eigenvalue weighted by molar-refractivity contribution is 6.01. The number of pyridine rings is 2. The summed E-state index contributed by atoms with van der Waals surface area (Å²) < 4.78 is 37.3. The second-order valence-corrected chi connectivity index (χ2v) is 11.2. The first-order chi connectivity index (χ1) is 19.3. The van der Waals surface area contributed by atoms with Crippen molar-refractivity contribution in [1.82, 2.24) is 19.9 Å².